The van der Waals surface area contributed by atoms with Crippen LogP contribution in [0, 0.1) is 6.92 Å². The number of aryl methyl sites for hydroxylation is 1. The van der Waals surface area contributed by atoms with Gasteiger partial charge in [-0.25, -0.2) is 8.42 Å². The molecule has 0 aliphatic heterocycles. The molecule has 1 amide bonds. The Labute approximate surface area is 150 Å². The van der Waals surface area contributed by atoms with Crippen molar-refractivity contribution in [1.29, 1.82) is 0 Å². The third-order valence-electron chi connectivity index (χ3n) is 3.40. The molecule has 26 heavy (non-hydrogen) atoms. The van der Waals surface area contributed by atoms with Crippen LogP contribution in [-0.4, -0.2) is 27.2 Å². The van der Waals surface area contributed by atoms with Crippen molar-refractivity contribution in [2.75, 3.05) is 11.0 Å². The number of alkyl halides is 2. The minimum atomic E-state index is -3.46. The summed E-state index contributed by atoms with van der Waals surface area (Å²) in [7, 11) is -3.46. The standard InChI is InChI=1S/C17H18F2N2O4S/c1-11-3-6-13(9-15(11)21-26(2,23)24)16(22)20-10-12-4-7-14(8-5-12)25-17(18)19/h3-9,17,21H,10H2,1-2H3,(H,20,22). The molecule has 0 fully saturated rings. The molecule has 0 saturated heterocycles. The summed E-state index contributed by atoms with van der Waals surface area (Å²) in [4.78, 5) is 12.2. The maximum atomic E-state index is 12.2. The number of hydrogen-bond acceptors (Lipinski definition) is 4. The number of ether oxygens (including phenoxy) is 1. The molecule has 0 aliphatic rings. The first-order valence-corrected chi connectivity index (χ1v) is 9.43. The van der Waals surface area contributed by atoms with Gasteiger partial charge in [-0.15, -0.1) is 0 Å². The fourth-order valence-corrected chi connectivity index (χ4v) is 2.77. The third-order valence-corrected chi connectivity index (χ3v) is 3.99. The van der Waals surface area contributed by atoms with Gasteiger partial charge in [0, 0.05) is 12.1 Å². The number of amides is 1. The van der Waals surface area contributed by atoms with Crippen LogP contribution in [0.1, 0.15) is 21.5 Å². The van der Waals surface area contributed by atoms with Gasteiger partial charge in [-0.1, -0.05) is 18.2 Å². The van der Waals surface area contributed by atoms with E-state index in [2.05, 4.69) is 14.8 Å². The summed E-state index contributed by atoms with van der Waals surface area (Å²) in [6, 6.07) is 10.6. The van der Waals surface area contributed by atoms with Crippen LogP contribution in [-0.2, 0) is 16.6 Å². The fraction of sp³-hybridized carbons (Fsp3) is 0.235. The van der Waals surface area contributed by atoms with Crippen LogP contribution in [0.3, 0.4) is 0 Å². The molecule has 0 saturated carbocycles. The molecule has 0 aliphatic carbocycles. The van der Waals surface area contributed by atoms with Gasteiger partial charge in [-0.2, -0.15) is 8.78 Å². The van der Waals surface area contributed by atoms with E-state index in [-0.39, 0.29) is 12.3 Å². The van der Waals surface area contributed by atoms with Gasteiger partial charge in [0.15, 0.2) is 0 Å². The van der Waals surface area contributed by atoms with Crippen molar-refractivity contribution >= 4 is 21.6 Å². The second kappa shape index (κ2) is 8.13. The molecule has 0 heterocycles. The second-order valence-electron chi connectivity index (χ2n) is 5.61. The lowest BCUT2D eigenvalue weighted by Gasteiger charge is -2.11. The van der Waals surface area contributed by atoms with E-state index in [1.807, 2.05) is 0 Å². The Balaban J connectivity index is 2.02. The molecule has 6 nitrogen and oxygen atoms in total. The third kappa shape index (κ3) is 5.99. The van der Waals surface area contributed by atoms with Crippen molar-refractivity contribution in [3.63, 3.8) is 0 Å². The molecule has 0 atom stereocenters. The lowest BCUT2D eigenvalue weighted by Crippen LogP contribution is -2.23. The van der Waals surface area contributed by atoms with Crippen LogP contribution in [0.2, 0.25) is 0 Å². The number of sulfonamides is 1. The highest BCUT2D eigenvalue weighted by molar-refractivity contribution is 7.92. The van der Waals surface area contributed by atoms with Gasteiger partial charge in [0.2, 0.25) is 10.0 Å². The number of carbonyl (C=O) groups excluding carboxylic acids is 1. The predicted molar refractivity (Wildman–Crippen MR) is 93.9 cm³/mol. The Morgan fingerprint density at radius 3 is 2.38 bits per heavy atom. The van der Waals surface area contributed by atoms with E-state index in [0.29, 0.717) is 22.4 Å². The number of rotatable bonds is 7. The van der Waals surface area contributed by atoms with Gasteiger partial charge >= 0.3 is 6.61 Å². The van der Waals surface area contributed by atoms with Gasteiger partial charge in [0.1, 0.15) is 5.75 Å². The van der Waals surface area contributed by atoms with E-state index < -0.39 is 22.5 Å². The Hall–Kier alpha value is -2.68. The van der Waals surface area contributed by atoms with Crippen molar-refractivity contribution in [2.45, 2.75) is 20.1 Å². The molecule has 0 unspecified atom stereocenters. The molecule has 0 radical (unpaired) electrons. The number of carbonyl (C=O) groups is 1. The lowest BCUT2D eigenvalue weighted by atomic mass is 10.1. The van der Waals surface area contributed by atoms with Crippen LogP contribution in [0.25, 0.3) is 0 Å². The van der Waals surface area contributed by atoms with Gasteiger partial charge in [-0.3, -0.25) is 9.52 Å². The smallest absolute Gasteiger partial charge is 0.387 e. The minimum absolute atomic E-state index is 0.0325. The Morgan fingerprint density at radius 2 is 1.81 bits per heavy atom. The Bertz CT molecular complexity index is 884. The molecular formula is C17H18F2N2O4S. The normalized spacial score (nSPS) is 11.3. The summed E-state index contributed by atoms with van der Waals surface area (Å²) in [5.74, 6) is -0.362. The number of nitrogens with one attached hydrogen (secondary N) is 2. The average Bonchev–Trinajstić information content (AvgIpc) is 2.54. The minimum Gasteiger partial charge on any atom is -0.435 e. The van der Waals surface area contributed by atoms with E-state index in [4.69, 9.17) is 0 Å². The highest BCUT2D eigenvalue weighted by Crippen LogP contribution is 2.18. The molecule has 0 bridgehead atoms. The van der Waals surface area contributed by atoms with Crippen molar-refractivity contribution < 1.29 is 26.7 Å². The van der Waals surface area contributed by atoms with Gasteiger partial charge < -0.3 is 10.1 Å². The topological polar surface area (TPSA) is 84.5 Å². The zero-order valence-corrected chi connectivity index (χ0v) is 14.9. The molecule has 140 valence electrons. The number of halogens is 2. The van der Waals surface area contributed by atoms with Crippen molar-refractivity contribution in [2.24, 2.45) is 0 Å². The summed E-state index contributed by atoms with van der Waals surface area (Å²) in [6.07, 6.45) is 1.03. The van der Waals surface area contributed by atoms with Gasteiger partial charge in [-0.05, 0) is 42.3 Å². The summed E-state index contributed by atoms with van der Waals surface area (Å²) in [6.45, 7) is -0.994. The highest BCUT2D eigenvalue weighted by Gasteiger charge is 2.11. The summed E-state index contributed by atoms with van der Waals surface area (Å²) in [5, 5.41) is 2.68. The summed E-state index contributed by atoms with van der Waals surface area (Å²) < 4.78 is 53.6. The first-order valence-electron chi connectivity index (χ1n) is 7.54. The molecule has 9 heteroatoms. The van der Waals surface area contributed by atoms with E-state index in [0.717, 1.165) is 6.26 Å². The summed E-state index contributed by atoms with van der Waals surface area (Å²) >= 11 is 0. The molecule has 2 aromatic rings. The maximum absolute atomic E-state index is 12.2. The molecule has 2 aromatic carbocycles. The van der Waals surface area contributed by atoms with Gasteiger partial charge in [0.05, 0.1) is 11.9 Å². The molecule has 2 N–H and O–H groups in total. The monoisotopic (exact) mass is 384 g/mol. The number of hydrogen-bond donors (Lipinski definition) is 2. The molecule has 2 rings (SSSR count). The molecule has 0 aromatic heterocycles. The zero-order valence-electron chi connectivity index (χ0n) is 14.1. The first kappa shape index (κ1) is 19.6. The predicted octanol–water partition coefficient (Wildman–Crippen LogP) is 2.90. The van der Waals surface area contributed by atoms with E-state index >= 15 is 0 Å². The Kier molecular flexibility index (Phi) is 6.14. The van der Waals surface area contributed by atoms with Crippen molar-refractivity contribution in [3.8, 4) is 5.75 Å². The zero-order chi connectivity index (χ0) is 19.3. The molecular weight excluding hydrogens is 366 g/mol. The maximum Gasteiger partial charge on any atom is 0.387 e. The average molecular weight is 384 g/mol. The van der Waals surface area contributed by atoms with Crippen LogP contribution >= 0.6 is 0 Å². The SMILES string of the molecule is Cc1ccc(C(=O)NCc2ccc(OC(F)F)cc2)cc1NS(C)(=O)=O. The first-order chi connectivity index (χ1) is 12.1. The van der Waals surface area contributed by atoms with Gasteiger partial charge in [0.25, 0.3) is 5.91 Å². The molecule has 0 spiro atoms. The fourth-order valence-electron chi connectivity index (χ4n) is 2.15. The summed E-state index contributed by atoms with van der Waals surface area (Å²) in [5.41, 5.74) is 2.00. The van der Waals surface area contributed by atoms with Crippen LogP contribution in [0.15, 0.2) is 42.5 Å². The Morgan fingerprint density at radius 1 is 1.15 bits per heavy atom. The van der Waals surface area contributed by atoms with E-state index in [9.17, 15) is 22.0 Å². The van der Waals surface area contributed by atoms with Crippen LogP contribution < -0.4 is 14.8 Å². The van der Waals surface area contributed by atoms with Crippen molar-refractivity contribution in [1.82, 2.24) is 5.32 Å². The largest absolute Gasteiger partial charge is 0.435 e. The van der Waals surface area contributed by atoms with Crippen LogP contribution in [0.5, 0.6) is 5.75 Å². The van der Waals surface area contributed by atoms with Crippen molar-refractivity contribution in [3.05, 3.63) is 59.2 Å². The number of anilines is 1. The highest BCUT2D eigenvalue weighted by atomic mass is 32.2. The van der Waals surface area contributed by atoms with Crippen LogP contribution in [0.4, 0.5) is 14.5 Å². The quantitative estimate of drug-likeness (QED) is 0.769. The lowest BCUT2D eigenvalue weighted by molar-refractivity contribution is -0.0498. The second-order valence-corrected chi connectivity index (χ2v) is 7.36. The number of benzene rings is 2. The van der Waals surface area contributed by atoms with E-state index in [1.165, 1.54) is 18.2 Å². The van der Waals surface area contributed by atoms with E-state index in [1.54, 1.807) is 31.2 Å².